The molecule has 148 valence electrons. The molecule has 0 aliphatic rings. The largest absolute Gasteiger partial charge is 0.462 e. The first-order valence-corrected chi connectivity index (χ1v) is 8.91. The molecule has 1 amide bonds. The summed E-state index contributed by atoms with van der Waals surface area (Å²) in [4.78, 5) is 35.1. The van der Waals surface area contributed by atoms with Crippen molar-refractivity contribution in [3.8, 4) is 11.3 Å². The number of nitrogens with one attached hydrogen (secondary N) is 1. The van der Waals surface area contributed by atoms with Crippen molar-refractivity contribution in [1.82, 2.24) is 9.99 Å². The third-order valence-corrected chi connectivity index (χ3v) is 3.90. The second-order valence-corrected chi connectivity index (χ2v) is 5.96. The summed E-state index contributed by atoms with van der Waals surface area (Å²) in [6.45, 7) is 1.94. The van der Waals surface area contributed by atoms with Gasteiger partial charge in [-0.25, -0.2) is 10.2 Å². The number of benzene rings is 1. The molecule has 2 heterocycles. The lowest BCUT2D eigenvalue weighted by molar-refractivity contribution is -0.121. The van der Waals surface area contributed by atoms with Crippen LogP contribution in [-0.4, -0.2) is 29.3 Å². The number of nitrogens with zero attached hydrogens (tertiary/aromatic N) is 2. The average molecular weight is 393 g/mol. The number of ether oxygens (including phenoxy) is 1. The zero-order valence-electron chi connectivity index (χ0n) is 15.7. The Kier molecular flexibility index (Phi) is 6.36. The molecule has 29 heavy (non-hydrogen) atoms. The van der Waals surface area contributed by atoms with Gasteiger partial charge in [0.2, 0.25) is 0 Å². The lowest BCUT2D eigenvalue weighted by atomic mass is 10.1. The van der Waals surface area contributed by atoms with E-state index >= 15 is 0 Å². The van der Waals surface area contributed by atoms with Crippen LogP contribution < -0.4 is 11.0 Å². The minimum absolute atomic E-state index is 0.132. The zero-order valence-corrected chi connectivity index (χ0v) is 15.7. The van der Waals surface area contributed by atoms with Gasteiger partial charge < -0.3 is 13.7 Å². The fraction of sp³-hybridized carbons (Fsp3) is 0.143. The van der Waals surface area contributed by atoms with Crippen molar-refractivity contribution in [3.05, 3.63) is 82.5 Å². The monoisotopic (exact) mass is 393 g/mol. The Morgan fingerprint density at radius 1 is 1.14 bits per heavy atom. The smallest absolute Gasteiger partial charge is 0.338 e. The Morgan fingerprint density at radius 3 is 2.66 bits per heavy atom. The molecule has 3 aromatic rings. The van der Waals surface area contributed by atoms with Gasteiger partial charge in [0.1, 0.15) is 18.1 Å². The maximum Gasteiger partial charge on any atom is 0.338 e. The third kappa shape index (κ3) is 5.29. The van der Waals surface area contributed by atoms with Crippen LogP contribution in [0.4, 0.5) is 0 Å². The van der Waals surface area contributed by atoms with Crippen molar-refractivity contribution in [1.29, 1.82) is 0 Å². The van der Waals surface area contributed by atoms with Crippen LogP contribution in [0.25, 0.3) is 11.3 Å². The highest BCUT2D eigenvalue weighted by molar-refractivity contribution is 5.90. The molecular formula is C21H19N3O5. The van der Waals surface area contributed by atoms with E-state index in [1.54, 1.807) is 55.5 Å². The normalized spacial score (nSPS) is 10.8. The quantitative estimate of drug-likeness (QED) is 0.377. The Morgan fingerprint density at radius 2 is 1.93 bits per heavy atom. The van der Waals surface area contributed by atoms with E-state index in [4.69, 9.17) is 9.15 Å². The number of hydrogen-bond acceptors (Lipinski definition) is 6. The van der Waals surface area contributed by atoms with Crippen LogP contribution in [0.3, 0.4) is 0 Å². The molecule has 1 aromatic carbocycles. The van der Waals surface area contributed by atoms with Gasteiger partial charge >= 0.3 is 5.97 Å². The van der Waals surface area contributed by atoms with Gasteiger partial charge in [-0.15, -0.1) is 0 Å². The van der Waals surface area contributed by atoms with Crippen molar-refractivity contribution in [2.75, 3.05) is 6.61 Å². The molecular weight excluding hydrogens is 374 g/mol. The number of esters is 1. The number of carbonyl (C=O) groups is 2. The summed E-state index contributed by atoms with van der Waals surface area (Å²) >= 11 is 0. The van der Waals surface area contributed by atoms with E-state index in [2.05, 4.69) is 10.5 Å². The summed E-state index contributed by atoms with van der Waals surface area (Å²) in [7, 11) is 0. The van der Waals surface area contributed by atoms with E-state index in [0.29, 0.717) is 23.7 Å². The van der Waals surface area contributed by atoms with Crippen LogP contribution in [0.1, 0.15) is 23.0 Å². The highest BCUT2D eigenvalue weighted by Gasteiger charge is 2.08. The maximum absolute atomic E-state index is 11.9. The Labute approximate surface area is 166 Å². The molecule has 0 saturated heterocycles. The molecule has 0 bridgehead atoms. The molecule has 0 saturated carbocycles. The van der Waals surface area contributed by atoms with Crippen LogP contribution in [0, 0.1) is 0 Å². The highest BCUT2D eigenvalue weighted by Crippen LogP contribution is 2.22. The molecule has 0 fully saturated rings. The first kappa shape index (κ1) is 19.8. The van der Waals surface area contributed by atoms with E-state index in [9.17, 15) is 14.4 Å². The first-order chi connectivity index (χ1) is 14.1. The maximum atomic E-state index is 11.9. The van der Waals surface area contributed by atoms with E-state index < -0.39 is 5.91 Å². The molecule has 1 N–H and O–H groups in total. The van der Waals surface area contributed by atoms with Gasteiger partial charge in [0.25, 0.3) is 11.5 Å². The summed E-state index contributed by atoms with van der Waals surface area (Å²) in [5.41, 5.74) is 3.32. The van der Waals surface area contributed by atoms with Gasteiger partial charge in [0.15, 0.2) is 0 Å². The molecule has 0 aliphatic heterocycles. The number of furan rings is 1. The zero-order chi connectivity index (χ0) is 20.6. The summed E-state index contributed by atoms with van der Waals surface area (Å²) in [6.07, 6.45) is 2.89. The standard InChI is InChI=1S/C21H19N3O5/c1-2-28-21(27)16-8-6-15(7-9-16)18-11-10-17(29-18)13-22-23-19(25)14-24-12-4-3-5-20(24)26/h3-13H,2,14H2,1H3,(H,23,25)/b22-13-. The number of hydrogen-bond donors (Lipinski definition) is 1. The molecule has 0 unspecified atom stereocenters. The van der Waals surface area contributed by atoms with E-state index in [0.717, 1.165) is 5.56 Å². The van der Waals surface area contributed by atoms with Gasteiger partial charge in [-0.05, 0) is 37.3 Å². The highest BCUT2D eigenvalue weighted by atomic mass is 16.5. The van der Waals surface area contributed by atoms with Gasteiger partial charge in [-0.3, -0.25) is 9.59 Å². The van der Waals surface area contributed by atoms with Crippen LogP contribution in [0.15, 0.2) is 75.1 Å². The summed E-state index contributed by atoms with van der Waals surface area (Å²) in [5, 5.41) is 3.84. The number of aromatic nitrogens is 1. The predicted octanol–water partition coefficient (Wildman–Crippen LogP) is 2.44. The van der Waals surface area contributed by atoms with Gasteiger partial charge in [-0.2, -0.15) is 5.10 Å². The number of hydrazone groups is 1. The third-order valence-electron chi connectivity index (χ3n) is 3.90. The first-order valence-electron chi connectivity index (χ1n) is 8.91. The molecule has 8 heteroatoms. The van der Waals surface area contributed by atoms with Gasteiger partial charge in [0, 0.05) is 17.8 Å². The summed E-state index contributed by atoms with van der Waals surface area (Å²) < 4.78 is 11.9. The topological polar surface area (TPSA) is 103 Å². The van der Waals surface area contributed by atoms with E-state index in [-0.39, 0.29) is 18.1 Å². The minimum atomic E-state index is -0.434. The van der Waals surface area contributed by atoms with Crippen molar-refractivity contribution >= 4 is 18.1 Å². The van der Waals surface area contributed by atoms with Crippen molar-refractivity contribution in [2.24, 2.45) is 5.10 Å². The fourth-order valence-corrected chi connectivity index (χ4v) is 2.51. The fourth-order valence-electron chi connectivity index (χ4n) is 2.51. The number of amides is 1. The average Bonchev–Trinajstić information content (AvgIpc) is 3.19. The summed E-state index contributed by atoms with van der Waals surface area (Å²) in [5.74, 6) is 0.214. The second kappa shape index (κ2) is 9.32. The Bertz CT molecular complexity index is 1080. The number of pyridine rings is 1. The molecule has 2 aromatic heterocycles. The lowest BCUT2D eigenvalue weighted by Crippen LogP contribution is -2.28. The molecule has 0 spiro atoms. The lowest BCUT2D eigenvalue weighted by Gasteiger charge is -2.03. The van der Waals surface area contributed by atoms with Crippen molar-refractivity contribution < 1.29 is 18.7 Å². The predicted molar refractivity (Wildman–Crippen MR) is 107 cm³/mol. The minimum Gasteiger partial charge on any atom is -0.462 e. The molecule has 0 radical (unpaired) electrons. The second-order valence-electron chi connectivity index (χ2n) is 5.96. The van der Waals surface area contributed by atoms with Crippen LogP contribution in [0.5, 0.6) is 0 Å². The number of rotatable bonds is 7. The Balaban J connectivity index is 1.58. The van der Waals surface area contributed by atoms with Crippen LogP contribution in [0.2, 0.25) is 0 Å². The number of carbonyl (C=O) groups excluding carboxylic acids is 2. The molecule has 0 aliphatic carbocycles. The van der Waals surface area contributed by atoms with Gasteiger partial charge in [0.05, 0.1) is 18.4 Å². The molecule has 8 nitrogen and oxygen atoms in total. The van der Waals surface area contributed by atoms with E-state index in [1.807, 2.05) is 0 Å². The Hall–Kier alpha value is -3.94. The molecule has 3 rings (SSSR count). The SMILES string of the molecule is CCOC(=O)c1ccc(-c2ccc(/C=N\NC(=O)Cn3ccccc3=O)o2)cc1. The van der Waals surface area contributed by atoms with Crippen LogP contribution in [-0.2, 0) is 16.1 Å². The van der Waals surface area contributed by atoms with Crippen molar-refractivity contribution in [3.63, 3.8) is 0 Å². The van der Waals surface area contributed by atoms with Crippen molar-refractivity contribution in [2.45, 2.75) is 13.5 Å². The van der Waals surface area contributed by atoms with E-state index in [1.165, 1.54) is 23.0 Å². The van der Waals surface area contributed by atoms with Crippen LogP contribution >= 0.6 is 0 Å². The summed E-state index contributed by atoms with van der Waals surface area (Å²) in [6, 6.07) is 14.9. The van der Waals surface area contributed by atoms with Gasteiger partial charge in [-0.1, -0.05) is 18.2 Å². The molecule has 0 atom stereocenters.